The van der Waals surface area contributed by atoms with Crippen LogP contribution in [-0.4, -0.2) is 31.2 Å². The molecular formula is C25H28ClN5O2S. The predicted molar refractivity (Wildman–Crippen MR) is 136 cm³/mol. The van der Waals surface area contributed by atoms with Crippen LogP contribution in [0.4, 0.5) is 11.5 Å². The van der Waals surface area contributed by atoms with Crippen LogP contribution >= 0.6 is 11.6 Å². The molecule has 0 saturated heterocycles. The molecule has 1 aliphatic heterocycles. The first-order valence-electron chi connectivity index (χ1n) is 10.5. The Morgan fingerprint density at radius 3 is 2.68 bits per heavy atom. The number of sulfone groups is 1. The number of nitriles is 1. The summed E-state index contributed by atoms with van der Waals surface area (Å²) in [6.07, 6.45) is 3.42. The van der Waals surface area contributed by atoms with Crippen molar-refractivity contribution in [2.45, 2.75) is 45.2 Å². The van der Waals surface area contributed by atoms with Gasteiger partial charge in [0.1, 0.15) is 18.2 Å². The van der Waals surface area contributed by atoms with Gasteiger partial charge < -0.3 is 10.2 Å². The summed E-state index contributed by atoms with van der Waals surface area (Å²) in [5.41, 5.74) is 5.31. The van der Waals surface area contributed by atoms with Gasteiger partial charge in [0.15, 0.2) is 9.84 Å². The Hall–Kier alpha value is -3.15. The van der Waals surface area contributed by atoms with E-state index in [1.807, 2.05) is 32.0 Å². The molecule has 178 valence electrons. The molecule has 1 aromatic heterocycles. The van der Waals surface area contributed by atoms with E-state index in [2.05, 4.69) is 26.3 Å². The Morgan fingerprint density at radius 2 is 1.97 bits per heavy atom. The quantitative estimate of drug-likeness (QED) is 0.524. The second-order valence-electron chi connectivity index (χ2n) is 8.28. The molecule has 4 rings (SSSR count). The van der Waals surface area contributed by atoms with Crippen LogP contribution in [0.25, 0.3) is 0 Å². The zero-order valence-corrected chi connectivity index (χ0v) is 20.2. The van der Waals surface area contributed by atoms with Gasteiger partial charge in [-0.1, -0.05) is 31.2 Å². The summed E-state index contributed by atoms with van der Waals surface area (Å²) in [7, 11) is -3.44. The van der Waals surface area contributed by atoms with Gasteiger partial charge in [0.05, 0.1) is 26.9 Å². The average molecular weight is 498 g/mol. The smallest absolute Gasteiger partial charge is 0.177 e. The van der Waals surface area contributed by atoms with E-state index in [1.165, 1.54) is 0 Å². The number of anilines is 2. The summed E-state index contributed by atoms with van der Waals surface area (Å²) < 4.78 is 24.1. The highest BCUT2D eigenvalue weighted by atomic mass is 35.5. The molecule has 34 heavy (non-hydrogen) atoms. The molecule has 1 atom stereocenters. The normalized spacial score (nSPS) is 13.9. The summed E-state index contributed by atoms with van der Waals surface area (Å²) in [5.74, 6) is 0.693. The molecule has 9 heteroatoms. The zero-order valence-electron chi connectivity index (χ0n) is 18.6. The van der Waals surface area contributed by atoms with Gasteiger partial charge in [-0.05, 0) is 49.2 Å². The van der Waals surface area contributed by atoms with E-state index in [9.17, 15) is 13.7 Å². The lowest BCUT2D eigenvalue weighted by Gasteiger charge is -2.32. The van der Waals surface area contributed by atoms with Crippen molar-refractivity contribution < 1.29 is 8.42 Å². The van der Waals surface area contributed by atoms with Gasteiger partial charge in [-0.2, -0.15) is 5.26 Å². The lowest BCUT2D eigenvalue weighted by molar-refractivity contribution is 0.601. The van der Waals surface area contributed by atoms with Crippen molar-refractivity contribution in [3.05, 3.63) is 75.7 Å². The van der Waals surface area contributed by atoms with E-state index in [1.54, 1.807) is 24.5 Å². The SMILES string of the molecule is C.Cc1ccc(N2CCc3ncnc(N[C@@H](C)c4ccc(Cl)c(S(C)(=O)=O)c4)c3C2)c(C#N)c1. The van der Waals surface area contributed by atoms with Crippen LogP contribution in [0.15, 0.2) is 47.6 Å². The van der Waals surface area contributed by atoms with Crippen molar-refractivity contribution in [2.75, 3.05) is 23.0 Å². The minimum atomic E-state index is -3.44. The number of aryl methyl sites for hydroxylation is 1. The molecule has 0 bridgehead atoms. The fraction of sp³-hybridized carbons (Fsp3) is 0.320. The predicted octanol–water partition coefficient (Wildman–Crippen LogP) is 5.09. The summed E-state index contributed by atoms with van der Waals surface area (Å²) in [6.45, 7) is 5.24. The maximum absolute atomic E-state index is 12.1. The molecule has 2 aromatic carbocycles. The minimum absolute atomic E-state index is 0. The van der Waals surface area contributed by atoms with Gasteiger partial charge in [-0.25, -0.2) is 18.4 Å². The number of hydrogen-bond donors (Lipinski definition) is 1. The fourth-order valence-electron chi connectivity index (χ4n) is 4.05. The third kappa shape index (κ3) is 5.16. The highest BCUT2D eigenvalue weighted by molar-refractivity contribution is 7.90. The van der Waals surface area contributed by atoms with Crippen molar-refractivity contribution in [1.82, 2.24) is 9.97 Å². The van der Waals surface area contributed by atoms with Crippen LogP contribution in [-0.2, 0) is 22.8 Å². The van der Waals surface area contributed by atoms with Crippen molar-refractivity contribution in [2.24, 2.45) is 0 Å². The number of hydrogen-bond acceptors (Lipinski definition) is 7. The Balaban J connectivity index is 0.00000324. The van der Waals surface area contributed by atoms with E-state index in [4.69, 9.17) is 11.6 Å². The standard InChI is InChI=1S/C24H24ClN5O2S.CH4/c1-15-4-7-22(18(10-15)12-26)30-9-8-21-19(13-30)24(28-14-27-21)29-16(2)17-5-6-20(25)23(11-17)33(3,31)32;/h4-7,10-11,14,16H,8-9,13H2,1-3H3,(H,27,28,29);1H4/t16-;/m0./s1. The summed E-state index contributed by atoms with van der Waals surface area (Å²) >= 11 is 6.10. The first-order valence-corrected chi connectivity index (χ1v) is 12.8. The molecule has 1 N–H and O–H groups in total. The molecule has 3 aromatic rings. The number of aromatic nitrogens is 2. The Morgan fingerprint density at radius 1 is 1.21 bits per heavy atom. The Kier molecular flexibility index (Phi) is 7.49. The monoisotopic (exact) mass is 497 g/mol. The van der Waals surface area contributed by atoms with Gasteiger partial charge >= 0.3 is 0 Å². The Bertz CT molecular complexity index is 1370. The molecular weight excluding hydrogens is 470 g/mol. The highest BCUT2D eigenvalue weighted by Crippen LogP contribution is 2.32. The number of halogens is 1. The largest absolute Gasteiger partial charge is 0.366 e. The number of rotatable bonds is 5. The van der Waals surface area contributed by atoms with Crippen LogP contribution in [0.2, 0.25) is 5.02 Å². The van der Waals surface area contributed by atoms with Gasteiger partial charge in [-0.3, -0.25) is 0 Å². The molecule has 0 radical (unpaired) electrons. The second-order valence-corrected chi connectivity index (χ2v) is 10.7. The molecule has 0 fully saturated rings. The maximum Gasteiger partial charge on any atom is 0.177 e. The number of nitrogens with zero attached hydrogens (tertiary/aromatic N) is 4. The molecule has 0 unspecified atom stereocenters. The molecule has 0 aliphatic carbocycles. The van der Waals surface area contributed by atoms with Gasteiger partial charge in [-0.15, -0.1) is 0 Å². The van der Waals surface area contributed by atoms with Gasteiger partial charge in [0.25, 0.3) is 0 Å². The Labute approximate surface area is 206 Å². The van der Waals surface area contributed by atoms with E-state index in [0.717, 1.165) is 47.3 Å². The topological polar surface area (TPSA) is 99.0 Å². The van der Waals surface area contributed by atoms with Crippen molar-refractivity contribution in [3.8, 4) is 6.07 Å². The zero-order chi connectivity index (χ0) is 23.8. The van der Waals surface area contributed by atoms with Gasteiger partial charge in [0, 0.05) is 37.4 Å². The van der Waals surface area contributed by atoms with Crippen LogP contribution in [0.5, 0.6) is 0 Å². The van der Waals surface area contributed by atoms with Crippen LogP contribution < -0.4 is 10.2 Å². The summed E-state index contributed by atoms with van der Waals surface area (Å²) in [6, 6.07) is 13.0. The molecule has 7 nitrogen and oxygen atoms in total. The third-order valence-corrected chi connectivity index (χ3v) is 7.40. The fourth-order valence-corrected chi connectivity index (χ4v) is 5.36. The first kappa shape index (κ1) is 25.5. The van der Waals surface area contributed by atoms with Crippen LogP contribution in [0.3, 0.4) is 0 Å². The summed E-state index contributed by atoms with van der Waals surface area (Å²) in [5, 5.41) is 13.2. The van der Waals surface area contributed by atoms with E-state index in [0.29, 0.717) is 17.9 Å². The van der Waals surface area contributed by atoms with Gasteiger partial charge in [0.2, 0.25) is 0 Å². The maximum atomic E-state index is 12.1. The molecule has 0 amide bonds. The molecule has 2 heterocycles. The van der Waals surface area contributed by atoms with Crippen molar-refractivity contribution >= 4 is 32.9 Å². The lowest BCUT2D eigenvalue weighted by atomic mass is 10.0. The third-order valence-electron chi connectivity index (χ3n) is 5.82. The second kappa shape index (κ2) is 10.00. The van der Waals surface area contributed by atoms with E-state index < -0.39 is 9.84 Å². The number of nitrogens with one attached hydrogen (secondary N) is 1. The van der Waals surface area contributed by atoms with Crippen LogP contribution in [0, 0.1) is 18.3 Å². The summed E-state index contributed by atoms with van der Waals surface area (Å²) in [4.78, 5) is 11.2. The number of fused-ring (bicyclic) bond motifs is 1. The number of benzene rings is 2. The van der Waals surface area contributed by atoms with Crippen molar-refractivity contribution in [3.63, 3.8) is 0 Å². The first-order chi connectivity index (χ1) is 15.7. The lowest BCUT2D eigenvalue weighted by Crippen LogP contribution is -2.32. The van der Waals surface area contributed by atoms with E-state index >= 15 is 0 Å². The molecule has 1 aliphatic rings. The average Bonchev–Trinajstić information content (AvgIpc) is 2.78. The van der Waals surface area contributed by atoms with E-state index in [-0.39, 0.29) is 23.4 Å². The minimum Gasteiger partial charge on any atom is -0.366 e. The van der Waals surface area contributed by atoms with Crippen LogP contribution in [0.1, 0.15) is 48.3 Å². The molecule has 0 spiro atoms. The van der Waals surface area contributed by atoms with Crippen molar-refractivity contribution in [1.29, 1.82) is 5.26 Å². The molecule has 0 saturated carbocycles. The highest BCUT2D eigenvalue weighted by Gasteiger charge is 2.24.